The molecule has 0 unspecified atom stereocenters. The van der Waals surface area contributed by atoms with E-state index < -0.39 is 0 Å². The molecule has 0 heterocycles. The molecule has 1 N–H and O–H groups in total. The van der Waals surface area contributed by atoms with Gasteiger partial charge in [-0.3, -0.25) is 9.59 Å². The Balaban J connectivity index is 2.66. The predicted molar refractivity (Wildman–Crippen MR) is 88.6 cm³/mol. The van der Waals surface area contributed by atoms with Crippen LogP contribution in [-0.2, 0) is 11.3 Å². The van der Waals surface area contributed by atoms with Crippen LogP contribution in [0.15, 0.2) is 24.3 Å². The number of hydrogen-bond donors (Lipinski definition) is 1. The molecule has 0 bridgehead atoms. The van der Waals surface area contributed by atoms with Crippen LogP contribution in [-0.4, -0.2) is 55.8 Å². The number of benzene rings is 1. The summed E-state index contributed by atoms with van der Waals surface area (Å²) < 4.78 is 0. The van der Waals surface area contributed by atoms with Crippen molar-refractivity contribution in [3.63, 3.8) is 0 Å². The van der Waals surface area contributed by atoms with Crippen LogP contribution in [0.3, 0.4) is 0 Å². The molecule has 5 nitrogen and oxygen atoms in total. The summed E-state index contributed by atoms with van der Waals surface area (Å²) in [6.45, 7) is 5.77. The summed E-state index contributed by atoms with van der Waals surface area (Å²) in [5, 5.41) is 3.02. The lowest BCUT2D eigenvalue weighted by Crippen LogP contribution is -2.32. The molecule has 0 fully saturated rings. The Bertz CT molecular complexity index is 497. The molecular weight excluding hydrogens is 278 g/mol. The second-order valence-electron chi connectivity index (χ2n) is 5.88. The molecule has 0 saturated carbocycles. The van der Waals surface area contributed by atoms with E-state index in [9.17, 15) is 9.59 Å². The van der Waals surface area contributed by atoms with E-state index in [0.717, 1.165) is 12.1 Å². The maximum atomic E-state index is 12.2. The average Bonchev–Trinajstić information content (AvgIpc) is 2.51. The number of rotatable bonds is 7. The largest absolute Gasteiger partial charge is 0.341 e. The van der Waals surface area contributed by atoms with Gasteiger partial charge in [-0.25, -0.2) is 0 Å². The number of likely N-dealkylation sites (N-methyl/N-ethyl adjacent to an activating group) is 2. The SMILES string of the molecule is CNCCN(C)C(=O)c1ccc(CN(C)C(=O)C(C)C)cc1. The normalized spacial score (nSPS) is 10.6. The van der Waals surface area contributed by atoms with E-state index in [4.69, 9.17) is 0 Å². The van der Waals surface area contributed by atoms with E-state index in [2.05, 4.69) is 5.32 Å². The van der Waals surface area contributed by atoms with E-state index in [1.54, 1.807) is 23.9 Å². The van der Waals surface area contributed by atoms with Crippen molar-refractivity contribution in [2.75, 3.05) is 34.2 Å². The molecule has 0 atom stereocenters. The topological polar surface area (TPSA) is 52.7 Å². The first-order valence-electron chi connectivity index (χ1n) is 7.60. The predicted octanol–water partition coefficient (Wildman–Crippen LogP) is 1.59. The van der Waals surface area contributed by atoms with Crippen molar-refractivity contribution in [2.45, 2.75) is 20.4 Å². The fourth-order valence-electron chi connectivity index (χ4n) is 2.15. The Labute approximate surface area is 133 Å². The number of hydrogen-bond acceptors (Lipinski definition) is 3. The first-order valence-corrected chi connectivity index (χ1v) is 7.60. The van der Waals surface area contributed by atoms with Crippen LogP contribution in [0.25, 0.3) is 0 Å². The van der Waals surface area contributed by atoms with Crippen molar-refractivity contribution in [3.8, 4) is 0 Å². The molecule has 0 aromatic heterocycles. The van der Waals surface area contributed by atoms with Crippen LogP contribution in [0.1, 0.15) is 29.8 Å². The minimum absolute atomic E-state index is 0.00771. The molecule has 1 aromatic rings. The molecule has 5 heteroatoms. The monoisotopic (exact) mass is 305 g/mol. The number of nitrogens with one attached hydrogen (secondary N) is 1. The Kier molecular flexibility index (Phi) is 7.05. The molecule has 22 heavy (non-hydrogen) atoms. The summed E-state index contributed by atoms with van der Waals surface area (Å²) in [6.07, 6.45) is 0. The zero-order valence-electron chi connectivity index (χ0n) is 14.2. The van der Waals surface area contributed by atoms with Crippen LogP contribution in [0.5, 0.6) is 0 Å². The van der Waals surface area contributed by atoms with Crippen LogP contribution < -0.4 is 5.32 Å². The van der Waals surface area contributed by atoms with Gasteiger partial charge in [-0.05, 0) is 24.7 Å². The molecule has 0 aliphatic heterocycles. The fraction of sp³-hybridized carbons (Fsp3) is 0.529. The molecule has 1 aromatic carbocycles. The number of carbonyl (C=O) groups excluding carboxylic acids is 2. The summed E-state index contributed by atoms with van der Waals surface area (Å²) in [7, 11) is 5.46. The molecule has 0 aliphatic carbocycles. The molecule has 2 amide bonds. The standard InChI is InChI=1S/C17H27N3O2/c1-13(2)16(21)20(5)12-14-6-8-15(9-7-14)17(22)19(4)11-10-18-3/h6-9,13,18H,10-12H2,1-5H3. The van der Waals surface area contributed by atoms with Gasteiger partial charge in [0.05, 0.1) is 0 Å². The third kappa shape index (κ3) is 5.15. The van der Waals surface area contributed by atoms with Gasteiger partial charge in [0, 0.05) is 45.2 Å². The van der Waals surface area contributed by atoms with E-state index in [1.165, 1.54) is 0 Å². The van der Waals surface area contributed by atoms with Gasteiger partial charge in [0.15, 0.2) is 0 Å². The first-order chi connectivity index (χ1) is 10.4. The van der Waals surface area contributed by atoms with E-state index in [1.807, 2.05) is 45.2 Å². The van der Waals surface area contributed by atoms with Gasteiger partial charge in [0.25, 0.3) is 5.91 Å². The number of amides is 2. The zero-order chi connectivity index (χ0) is 16.7. The number of carbonyl (C=O) groups is 2. The minimum atomic E-state index is -0.00771. The van der Waals surface area contributed by atoms with Crippen LogP contribution in [0, 0.1) is 5.92 Å². The zero-order valence-corrected chi connectivity index (χ0v) is 14.2. The van der Waals surface area contributed by atoms with Gasteiger partial charge in [-0.1, -0.05) is 26.0 Å². The second-order valence-corrected chi connectivity index (χ2v) is 5.88. The summed E-state index contributed by atoms with van der Waals surface area (Å²) in [5.41, 5.74) is 1.69. The van der Waals surface area contributed by atoms with Crippen molar-refractivity contribution >= 4 is 11.8 Å². The average molecular weight is 305 g/mol. The Hall–Kier alpha value is -1.88. The van der Waals surface area contributed by atoms with Gasteiger partial charge in [-0.2, -0.15) is 0 Å². The Morgan fingerprint density at radius 3 is 2.18 bits per heavy atom. The van der Waals surface area contributed by atoms with Crippen LogP contribution >= 0.6 is 0 Å². The molecule has 0 saturated heterocycles. The van der Waals surface area contributed by atoms with Crippen molar-refractivity contribution < 1.29 is 9.59 Å². The minimum Gasteiger partial charge on any atom is -0.341 e. The highest BCUT2D eigenvalue weighted by molar-refractivity contribution is 5.94. The van der Waals surface area contributed by atoms with Crippen molar-refractivity contribution in [2.24, 2.45) is 5.92 Å². The lowest BCUT2D eigenvalue weighted by atomic mass is 10.1. The maximum Gasteiger partial charge on any atom is 0.253 e. The Morgan fingerprint density at radius 2 is 1.68 bits per heavy atom. The fourth-order valence-corrected chi connectivity index (χ4v) is 2.15. The highest BCUT2D eigenvalue weighted by Gasteiger charge is 2.14. The second kappa shape index (κ2) is 8.54. The van der Waals surface area contributed by atoms with Gasteiger partial charge < -0.3 is 15.1 Å². The summed E-state index contributed by atoms with van der Waals surface area (Å²) in [6, 6.07) is 7.45. The highest BCUT2D eigenvalue weighted by Crippen LogP contribution is 2.10. The summed E-state index contributed by atoms with van der Waals surface area (Å²) in [5.74, 6) is 0.118. The number of nitrogens with zero attached hydrogens (tertiary/aromatic N) is 2. The van der Waals surface area contributed by atoms with Gasteiger partial charge in [0.1, 0.15) is 0 Å². The quantitative estimate of drug-likeness (QED) is 0.832. The van der Waals surface area contributed by atoms with Gasteiger partial charge >= 0.3 is 0 Å². The summed E-state index contributed by atoms with van der Waals surface area (Å²) in [4.78, 5) is 27.5. The molecule has 0 spiro atoms. The van der Waals surface area contributed by atoms with E-state index in [0.29, 0.717) is 18.7 Å². The molecule has 122 valence electrons. The van der Waals surface area contributed by atoms with E-state index in [-0.39, 0.29) is 17.7 Å². The van der Waals surface area contributed by atoms with E-state index >= 15 is 0 Å². The van der Waals surface area contributed by atoms with Crippen molar-refractivity contribution in [3.05, 3.63) is 35.4 Å². The smallest absolute Gasteiger partial charge is 0.253 e. The lowest BCUT2D eigenvalue weighted by Gasteiger charge is -2.20. The van der Waals surface area contributed by atoms with Crippen molar-refractivity contribution in [1.82, 2.24) is 15.1 Å². The molecular formula is C17H27N3O2. The van der Waals surface area contributed by atoms with Gasteiger partial charge in [0.2, 0.25) is 5.91 Å². The van der Waals surface area contributed by atoms with Crippen molar-refractivity contribution in [1.29, 1.82) is 0 Å². The third-order valence-corrected chi connectivity index (χ3v) is 3.53. The maximum absolute atomic E-state index is 12.2. The lowest BCUT2D eigenvalue weighted by molar-refractivity contribution is -0.133. The highest BCUT2D eigenvalue weighted by atomic mass is 16.2. The van der Waals surface area contributed by atoms with Crippen LogP contribution in [0.4, 0.5) is 0 Å². The van der Waals surface area contributed by atoms with Crippen LogP contribution in [0.2, 0.25) is 0 Å². The molecule has 0 aliphatic rings. The summed E-state index contributed by atoms with van der Waals surface area (Å²) >= 11 is 0. The first kappa shape index (κ1) is 18.2. The van der Waals surface area contributed by atoms with Gasteiger partial charge in [-0.15, -0.1) is 0 Å². The Morgan fingerprint density at radius 1 is 1.09 bits per heavy atom. The third-order valence-electron chi connectivity index (χ3n) is 3.53. The molecule has 1 rings (SSSR count). The molecule has 0 radical (unpaired) electrons.